The van der Waals surface area contributed by atoms with Crippen LogP contribution in [-0.2, 0) is 21.2 Å². The van der Waals surface area contributed by atoms with Gasteiger partial charge in [0.05, 0.1) is 18.0 Å². The number of benzene rings is 2. The number of carbonyl (C=O) groups is 1. The van der Waals surface area contributed by atoms with Gasteiger partial charge in [-0.2, -0.15) is 0 Å². The number of ether oxygens (including phenoxy) is 2. The fourth-order valence-corrected chi connectivity index (χ4v) is 4.89. The molecular formula is C24H32N2O5S. The van der Waals surface area contributed by atoms with Gasteiger partial charge in [0.25, 0.3) is 0 Å². The average molecular weight is 461 g/mol. The second-order valence-electron chi connectivity index (χ2n) is 8.99. The predicted molar refractivity (Wildman–Crippen MR) is 124 cm³/mol. The van der Waals surface area contributed by atoms with Crippen LogP contribution < -0.4 is 14.8 Å². The Bertz CT molecular complexity index is 1110. The van der Waals surface area contributed by atoms with E-state index >= 15 is 0 Å². The SMILES string of the molecule is COc1ccc(S(=O)(=O)N(C)C)cc1CCC(=O)NC1CC(C)(C)Oc2ccc(C)cc21. The Morgan fingerprint density at radius 2 is 1.94 bits per heavy atom. The van der Waals surface area contributed by atoms with E-state index in [1.165, 1.54) is 27.3 Å². The maximum absolute atomic E-state index is 12.9. The first-order valence-corrected chi connectivity index (χ1v) is 12.1. The van der Waals surface area contributed by atoms with Crippen LogP contribution in [0.1, 0.15) is 49.4 Å². The van der Waals surface area contributed by atoms with Crippen molar-refractivity contribution in [2.24, 2.45) is 0 Å². The second-order valence-corrected chi connectivity index (χ2v) is 11.1. The monoisotopic (exact) mass is 460 g/mol. The van der Waals surface area contributed by atoms with Crippen molar-refractivity contribution in [2.45, 2.75) is 56.6 Å². The highest BCUT2D eigenvalue weighted by molar-refractivity contribution is 7.89. The number of fused-ring (bicyclic) bond motifs is 1. The van der Waals surface area contributed by atoms with Gasteiger partial charge in [0.2, 0.25) is 15.9 Å². The number of sulfonamides is 1. The molecule has 0 aromatic heterocycles. The van der Waals surface area contributed by atoms with Crippen LogP contribution in [0.4, 0.5) is 0 Å². The molecule has 3 rings (SSSR count). The van der Waals surface area contributed by atoms with E-state index in [9.17, 15) is 13.2 Å². The number of methoxy groups -OCH3 is 1. The average Bonchev–Trinajstić information content (AvgIpc) is 2.71. The van der Waals surface area contributed by atoms with Crippen molar-refractivity contribution in [2.75, 3.05) is 21.2 Å². The minimum Gasteiger partial charge on any atom is -0.496 e. The molecule has 32 heavy (non-hydrogen) atoms. The van der Waals surface area contributed by atoms with Crippen molar-refractivity contribution in [3.8, 4) is 11.5 Å². The third-order valence-electron chi connectivity index (χ3n) is 5.61. The third-order valence-corrected chi connectivity index (χ3v) is 7.42. The minimum atomic E-state index is -3.57. The minimum absolute atomic E-state index is 0.108. The van der Waals surface area contributed by atoms with Crippen LogP contribution in [-0.4, -0.2) is 45.4 Å². The summed E-state index contributed by atoms with van der Waals surface area (Å²) >= 11 is 0. The van der Waals surface area contributed by atoms with Gasteiger partial charge >= 0.3 is 0 Å². The summed E-state index contributed by atoms with van der Waals surface area (Å²) in [5.41, 5.74) is 2.37. The zero-order valence-electron chi connectivity index (χ0n) is 19.6. The third kappa shape index (κ3) is 5.24. The number of nitrogens with zero attached hydrogens (tertiary/aromatic N) is 1. The van der Waals surface area contributed by atoms with Gasteiger partial charge in [0.15, 0.2) is 0 Å². The molecule has 0 spiro atoms. The van der Waals surface area contributed by atoms with Gasteiger partial charge in [-0.15, -0.1) is 0 Å². The number of amides is 1. The predicted octanol–water partition coefficient (Wildman–Crippen LogP) is 3.61. The normalized spacial score (nSPS) is 17.4. The van der Waals surface area contributed by atoms with E-state index in [0.29, 0.717) is 24.2 Å². The summed E-state index contributed by atoms with van der Waals surface area (Å²) in [5.74, 6) is 1.24. The van der Waals surface area contributed by atoms with Crippen LogP contribution in [0.15, 0.2) is 41.3 Å². The maximum atomic E-state index is 12.9. The lowest BCUT2D eigenvalue weighted by Gasteiger charge is -2.38. The van der Waals surface area contributed by atoms with Crippen LogP contribution >= 0.6 is 0 Å². The molecule has 0 saturated carbocycles. The van der Waals surface area contributed by atoms with E-state index < -0.39 is 15.6 Å². The smallest absolute Gasteiger partial charge is 0.242 e. The van der Waals surface area contributed by atoms with Crippen LogP contribution in [0, 0.1) is 6.92 Å². The van der Waals surface area contributed by atoms with Crippen molar-refractivity contribution >= 4 is 15.9 Å². The van der Waals surface area contributed by atoms with E-state index in [-0.39, 0.29) is 23.3 Å². The lowest BCUT2D eigenvalue weighted by atomic mass is 9.89. The summed E-state index contributed by atoms with van der Waals surface area (Å²) in [4.78, 5) is 13.0. The Morgan fingerprint density at radius 1 is 1.22 bits per heavy atom. The molecule has 0 radical (unpaired) electrons. The molecule has 1 heterocycles. The van der Waals surface area contributed by atoms with Crippen molar-refractivity contribution in [1.29, 1.82) is 0 Å². The van der Waals surface area contributed by atoms with E-state index in [4.69, 9.17) is 9.47 Å². The summed E-state index contributed by atoms with van der Waals surface area (Å²) in [5, 5.41) is 3.14. The Labute approximate surface area is 190 Å². The van der Waals surface area contributed by atoms with Gasteiger partial charge in [-0.1, -0.05) is 17.7 Å². The number of nitrogens with one attached hydrogen (secondary N) is 1. The van der Waals surface area contributed by atoms with Crippen LogP contribution in [0.25, 0.3) is 0 Å². The molecule has 7 nitrogen and oxygen atoms in total. The fourth-order valence-electron chi connectivity index (χ4n) is 3.94. The molecule has 2 aromatic carbocycles. The Morgan fingerprint density at radius 3 is 2.59 bits per heavy atom. The number of hydrogen-bond donors (Lipinski definition) is 1. The molecule has 1 unspecified atom stereocenters. The van der Waals surface area contributed by atoms with Crippen LogP contribution in [0.2, 0.25) is 0 Å². The zero-order valence-corrected chi connectivity index (χ0v) is 20.4. The molecular weight excluding hydrogens is 428 g/mol. The molecule has 1 aliphatic rings. The highest BCUT2D eigenvalue weighted by Gasteiger charge is 2.34. The van der Waals surface area contributed by atoms with Gasteiger partial charge < -0.3 is 14.8 Å². The molecule has 8 heteroatoms. The number of carbonyl (C=O) groups excluding carboxylic acids is 1. The molecule has 0 fully saturated rings. The van der Waals surface area contributed by atoms with E-state index in [1.807, 2.05) is 39.0 Å². The number of rotatable bonds is 7. The molecule has 174 valence electrons. The highest BCUT2D eigenvalue weighted by atomic mass is 32.2. The van der Waals surface area contributed by atoms with Crippen LogP contribution in [0.5, 0.6) is 11.5 Å². The molecule has 0 saturated heterocycles. The van der Waals surface area contributed by atoms with Crippen molar-refractivity contribution in [3.05, 3.63) is 53.1 Å². The summed E-state index contributed by atoms with van der Waals surface area (Å²) in [6.45, 7) is 6.03. The zero-order chi connectivity index (χ0) is 23.7. The van der Waals surface area contributed by atoms with Crippen LogP contribution in [0.3, 0.4) is 0 Å². The van der Waals surface area contributed by atoms with E-state index in [0.717, 1.165) is 21.2 Å². The Balaban J connectivity index is 1.76. The van der Waals surface area contributed by atoms with Gasteiger partial charge in [-0.05, 0) is 57.0 Å². The summed E-state index contributed by atoms with van der Waals surface area (Å²) in [7, 11) is 0.933. The highest BCUT2D eigenvalue weighted by Crippen LogP contribution is 2.40. The summed E-state index contributed by atoms with van der Waals surface area (Å²) < 4.78 is 37.6. The Kier molecular flexibility index (Phi) is 6.86. The first-order valence-electron chi connectivity index (χ1n) is 10.6. The second kappa shape index (κ2) is 9.11. The molecule has 0 aliphatic carbocycles. The topological polar surface area (TPSA) is 84.9 Å². The van der Waals surface area contributed by atoms with Crippen molar-refractivity contribution in [1.82, 2.24) is 9.62 Å². The van der Waals surface area contributed by atoms with Gasteiger partial charge in [0.1, 0.15) is 17.1 Å². The molecule has 1 N–H and O–H groups in total. The van der Waals surface area contributed by atoms with Gasteiger partial charge in [-0.3, -0.25) is 4.79 Å². The largest absolute Gasteiger partial charge is 0.496 e. The lowest BCUT2D eigenvalue weighted by Crippen LogP contribution is -2.41. The molecule has 1 atom stereocenters. The molecule has 2 aromatic rings. The lowest BCUT2D eigenvalue weighted by molar-refractivity contribution is -0.122. The van der Waals surface area contributed by atoms with Crippen molar-refractivity contribution in [3.63, 3.8) is 0 Å². The summed E-state index contributed by atoms with van der Waals surface area (Å²) in [6.07, 6.45) is 1.23. The van der Waals surface area contributed by atoms with Gasteiger partial charge in [0, 0.05) is 32.5 Å². The molecule has 0 bridgehead atoms. The first kappa shape index (κ1) is 24.1. The fraction of sp³-hybridized carbons (Fsp3) is 0.458. The Hall–Kier alpha value is -2.58. The number of hydrogen-bond acceptors (Lipinski definition) is 5. The molecule has 1 amide bonds. The van der Waals surface area contributed by atoms with E-state index in [1.54, 1.807) is 12.1 Å². The van der Waals surface area contributed by atoms with Gasteiger partial charge in [-0.25, -0.2) is 12.7 Å². The quantitative estimate of drug-likeness (QED) is 0.682. The number of aryl methyl sites for hydroxylation is 2. The molecule has 1 aliphatic heterocycles. The maximum Gasteiger partial charge on any atom is 0.242 e. The standard InChI is InChI=1S/C24H32N2O5S/c1-16-7-10-22-19(13-16)20(15-24(2,3)31-22)25-23(27)12-8-17-14-18(9-11-21(17)30-6)32(28,29)26(4)5/h7,9-11,13-14,20H,8,12,15H2,1-6H3,(H,25,27). The first-order chi connectivity index (χ1) is 14.9. The van der Waals surface area contributed by atoms with E-state index in [2.05, 4.69) is 5.32 Å². The summed E-state index contributed by atoms with van der Waals surface area (Å²) in [6, 6.07) is 10.6. The van der Waals surface area contributed by atoms with Crippen molar-refractivity contribution < 1.29 is 22.7 Å².